The third-order valence-electron chi connectivity index (χ3n) is 4.27. The van der Waals surface area contributed by atoms with E-state index in [0.29, 0.717) is 18.9 Å². The molecule has 3 aromatic rings. The van der Waals surface area contributed by atoms with Gasteiger partial charge in [-0.1, -0.05) is 12.1 Å². The van der Waals surface area contributed by atoms with Crippen molar-refractivity contribution in [1.29, 1.82) is 0 Å². The van der Waals surface area contributed by atoms with Crippen LogP contribution in [0.1, 0.15) is 10.4 Å². The lowest BCUT2D eigenvalue weighted by Gasteiger charge is -2.08. The topological polar surface area (TPSA) is 70.2 Å². The highest BCUT2D eigenvalue weighted by atomic mass is 16.5. The number of anilines is 1. The van der Waals surface area contributed by atoms with Crippen molar-refractivity contribution in [3.05, 3.63) is 54.1 Å². The fraction of sp³-hybridized carbons (Fsp3) is 0.222. The number of nitrogens with zero attached hydrogens (tertiary/aromatic N) is 2. The van der Waals surface area contributed by atoms with Gasteiger partial charge in [0.1, 0.15) is 36.5 Å². The second kappa shape index (κ2) is 5.88. The Balaban J connectivity index is 1.50. The number of aromatic carboxylic acids is 1. The number of para-hydroxylation sites is 2. The van der Waals surface area contributed by atoms with E-state index in [4.69, 9.17) is 4.74 Å². The third kappa shape index (κ3) is 2.46. The Morgan fingerprint density at radius 2 is 2.00 bits per heavy atom. The molecule has 1 aliphatic heterocycles. The fourth-order valence-electron chi connectivity index (χ4n) is 3.16. The third-order valence-corrected chi connectivity index (χ3v) is 4.27. The molecule has 24 heavy (non-hydrogen) atoms. The second-order valence-electron chi connectivity index (χ2n) is 5.70. The number of carbonyl (C=O) groups excluding carboxylic acids is 1. The Kier molecular flexibility index (Phi) is 3.57. The zero-order chi connectivity index (χ0) is 16.5. The number of carbonyl (C=O) groups is 1. The molecule has 2 heterocycles. The Labute approximate surface area is 138 Å². The Hall–Kier alpha value is -3.02. The number of carboxylic acid groups (broad SMARTS) is 1. The van der Waals surface area contributed by atoms with E-state index < -0.39 is 5.97 Å². The van der Waals surface area contributed by atoms with Crippen molar-refractivity contribution in [3.8, 4) is 5.75 Å². The lowest BCUT2D eigenvalue weighted by atomic mass is 10.2. The summed E-state index contributed by atoms with van der Waals surface area (Å²) >= 11 is 0. The molecule has 0 unspecified atom stereocenters. The van der Waals surface area contributed by atoms with Crippen LogP contribution in [0.2, 0.25) is 0 Å². The van der Waals surface area contributed by atoms with Gasteiger partial charge < -0.3 is 14.6 Å². The molecule has 0 atom stereocenters. The Morgan fingerprint density at radius 1 is 1.21 bits per heavy atom. The monoisotopic (exact) mass is 323 g/mol. The molecule has 4 rings (SSSR count). The molecular weight excluding hydrogens is 306 g/mol. The van der Waals surface area contributed by atoms with Crippen molar-refractivity contribution in [2.24, 2.45) is 0 Å². The van der Waals surface area contributed by atoms with Gasteiger partial charge in [0.2, 0.25) is 0 Å². The van der Waals surface area contributed by atoms with Crippen LogP contribution in [0, 0.1) is 0 Å². The standard InChI is InChI=1S/C18H17N3O3/c22-17(23)13-5-7-14(8-6-13)24-12-11-21-16-4-2-1-3-15(16)20-10-9-19-18(20)21/h1-8H,9-12H2,(H,22,23). The highest BCUT2D eigenvalue weighted by Gasteiger charge is 2.27. The molecule has 6 nitrogen and oxygen atoms in total. The molecular formula is C18H17N3O3. The minimum absolute atomic E-state index is 0.150. The zero-order valence-electron chi connectivity index (χ0n) is 13.1. The summed E-state index contributed by atoms with van der Waals surface area (Å²) in [5.41, 5.74) is 2.54. The van der Waals surface area contributed by atoms with E-state index in [2.05, 4.69) is 26.6 Å². The lowest BCUT2D eigenvalue weighted by molar-refractivity contribution is -0.644. The molecule has 0 spiro atoms. The van der Waals surface area contributed by atoms with Crippen molar-refractivity contribution in [2.45, 2.75) is 13.1 Å². The maximum atomic E-state index is 10.7. The number of carboxylic acids is 1. The molecule has 0 radical (unpaired) electrons. The van der Waals surface area contributed by atoms with Gasteiger partial charge in [-0.2, -0.15) is 0 Å². The smallest absolute Gasteiger partial charge is 0.358 e. The minimum atomic E-state index is -1.18. The van der Waals surface area contributed by atoms with E-state index in [1.807, 2.05) is 12.1 Å². The van der Waals surface area contributed by atoms with Crippen molar-refractivity contribution in [3.63, 3.8) is 0 Å². The maximum Gasteiger partial charge on any atom is 0.358 e. The van der Waals surface area contributed by atoms with Gasteiger partial charge in [-0.3, -0.25) is 5.32 Å². The molecule has 0 bridgehead atoms. The van der Waals surface area contributed by atoms with Crippen LogP contribution >= 0.6 is 0 Å². The van der Waals surface area contributed by atoms with Crippen molar-refractivity contribution in [2.75, 3.05) is 18.5 Å². The van der Waals surface area contributed by atoms with Crippen LogP contribution in [-0.4, -0.2) is 23.7 Å². The van der Waals surface area contributed by atoms with Gasteiger partial charge in [-0.15, -0.1) is 0 Å². The van der Waals surface area contributed by atoms with Crippen molar-refractivity contribution in [1.82, 2.24) is 4.57 Å². The number of fused-ring (bicyclic) bond motifs is 3. The van der Waals surface area contributed by atoms with Crippen LogP contribution in [0.15, 0.2) is 48.5 Å². The highest BCUT2D eigenvalue weighted by Crippen LogP contribution is 2.20. The van der Waals surface area contributed by atoms with Gasteiger partial charge in [0, 0.05) is 0 Å². The average Bonchev–Trinajstić information content (AvgIpc) is 3.18. The number of benzene rings is 2. The van der Waals surface area contributed by atoms with Crippen LogP contribution in [0.3, 0.4) is 0 Å². The molecule has 0 amide bonds. The van der Waals surface area contributed by atoms with Crippen LogP contribution in [0.5, 0.6) is 5.75 Å². The number of imidazole rings is 1. The molecule has 1 aliphatic rings. The molecule has 0 saturated carbocycles. The number of rotatable bonds is 5. The van der Waals surface area contributed by atoms with E-state index in [0.717, 1.165) is 19.0 Å². The first kappa shape index (κ1) is 14.6. The molecule has 122 valence electrons. The highest BCUT2D eigenvalue weighted by molar-refractivity contribution is 5.85. The summed E-state index contributed by atoms with van der Waals surface area (Å²) < 4.78 is 10.3. The quantitative estimate of drug-likeness (QED) is 0.705. The van der Waals surface area contributed by atoms with Gasteiger partial charge in [-0.25, -0.2) is 9.13 Å². The molecule has 0 saturated heterocycles. The van der Waals surface area contributed by atoms with Gasteiger partial charge in [0.15, 0.2) is 0 Å². The largest absolute Gasteiger partial charge is 0.545 e. The van der Waals surface area contributed by atoms with Gasteiger partial charge >= 0.3 is 5.95 Å². The summed E-state index contributed by atoms with van der Waals surface area (Å²) in [5, 5.41) is 14.2. The predicted molar refractivity (Wildman–Crippen MR) is 86.9 cm³/mol. The van der Waals surface area contributed by atoms with E-state index in [1.165, 1.54) is 23.2 Å². The summed E-state index contributed by atoms with van der Waals surface area (Å²) in [5.74, 6) is 0.569. The summed E-state index contributed by atoms with van der Waals surface area (Å²) in [6.07, 6.45) is 0. The molecule has 0 aliphatic carbocycles. The van der Waals surface area contributed by atoms with Crippen molar-refractivity contribution < 1.29 is 19.2 Å². The van der Waals surface area contributed by atoms with E-state index in [1.54, 1.807) is 12.1 Å². The minimum Gasteiger partial charge on any atom is -0.545 e. The molecule has 1 N–H and O–H groups in total. The summed E-state index contributed by atoms with van der Waals surface area (Å²) in [6.45, 7) is 3.11. The number of nitrogens with one attached hydrogen (secondary N) is 1. The fourth-order valence-corrected chi connectivity index (χ4v) is 3.16. The summed E-state index contributed by atoms with van der Waals surface area (Å²) in [7, 11) is 0. The first-order valence-corrected chi connectivity index (χ1v) is 7.93. The van der Waals surface area contributed by atoms with Crippen LogP contribution in [0.4, 0.5) is 5.95 Å². The van der Waals surface area contributed by atoms with E-state index in [9.17, 15) is 9.90 Å². The Bertz CT molecular complexity index is 900. The lowest BCUT2D eigenvalue weighted by Crippen LogP contribution is -2.29. The molecule has 0 fully saturated rings. The number of hydrogen-bond acceptors (Lipinski definition) is 4. The van der Waals surface area contributed by atoms with Gasteiger partial charge in [0.05, 0.1) is 12.5 Å². The second-order valence-corrected chi connectivity index (χ2v) is 5.70. The summed E-state index contributed by atoms with van der Waals surface area (Å²) in [6, 6.07) is 14.6. The first-order valence-electron chi connectivity index (χ1n) is 7.93. The number of hydrogen-bond donors (Lipinski definition) is 1. The van der Waals surface area contributed by atoms with Crippen LogP contribution < -0.4 is 19.7 Å². The van der Waals surface area contributed by atoms with E-state index in [-0.39, 0.29) is 5.56 Å². The van der Waals surface area contributed by atoms with E-state index >= 15 is 0 Å². The first-order chi connectivity index (χ1) is 11.7. The van der Waals surface area contributed by atoms with Crippen molar-refractivity contribution >= 4 is 23.0 Å². The number of ether oxygens (including phenoxy) is 1. The number of aromatic nitrogens is 2. The normalized spacial score (nSPS) is 12.8. The SMILES string of the molecule is O=C([O-])c1ccc(OCCn2c3[n+](c4ccccc42)CCN3)cc1. The maximum absolute atomic E-state index is 10.7. The zero-order valence-corrected chi connectivity index (χ0v) is 13.1. The Morgan fingerprint density at radius 3 is 2.79 bits per heavy atom. The van der Waals surface area contributed by atoms with Gasteiger partial charge in [-0.05, 0) is 42.0 Å². The molecule has 2 aromatic carbocycles. The summed E-state index contributed by atoms with van der Waals surface area (Å²) in [4.78, 5) is 10.7. The predicted octanol–water partition coefficient (Wildman–Crippen LogP) is 0.797. The molecule has 6 heteroatoms. The van der Waals surface area contributed by atoms with Gasteiger partial charge in [0.25, 0.3) is 0 Å². The van der Waals surface area contributed by atoms with Crippen LogP contribution in [0.25, 0.3) is 11.0 Å². The average molecular weight is 323 g/mol. The van der Waals surface area contributed by atoms with Crippen LogP contribution in [-0.2, 0) is 13.1 Å². The molecule has 1 aromatic heterocycles.